The first-order valence-electron chi connectivity index (χ1n) is 6.17. The molecule has 2 atom stereocenters. The fourth-order valence-electron chi connectivity index (χ4n) is 1.95. The molecule has 1 aromatic rings. The second-order valence-corrected chi connectivity index (χ2v) is 4.48. The van der Waals surface area contributed by atoms with Crippen LogP contribution in [0.15, 0.2) is 24.3 Å². The van der Waals surface area contributed by atoms with Crippen LogP contribution >= 0.6 is 0 Å². The topological polar surface area (TPSA) is 61.7 Å². The lowest BCUT2D eigenvalue weighted by Gasteiger charge is -2.16. The van der Waals surface area contributed by atoms with Gasteiger partial charge < -0.3 is 14.9 Å². The van der Waals surface area contributed by atoms with Crippen molar-refractivity contribution in [3.05, 3.63) is 35.4 Å². The summed E-state index contributed by atoms with van der Waals surface area (Å²) in [6.07, 6.45) is 3.80. The van der Waals surface area contributed by atoms with E-state index in [1.807, 2.05) is 12.1 Å². The Kier molecular flexibility index (Phi) is 4.36. The van der Waals surface area contributed by atoms with E-state index in [1.54, 1.807) is 6.92 Å². The predicted molar refractivity (Wildman–Crippen MR) is 70.4 cm³/mol. The van der Waals surface area contributed by atoms with Gasteiger partial charge in [0.15, 0.2) is 0 Å². The first kappa shape index (κ1) is 13.1. The number of benzene rings is 1. The van der Waals surface area contributed by atoms with Gasteiger partial charge in [0.2, 0.25) is 0 Å². The zero-order valence-corrected chi connectivity index (χ0v) is 10.5. The van der Waals surface area contributed by atoms with Crippen LogP contribution in [-0.4, -0.2) is 35.7 Å². The molecule has 0 saturated heterocycles. The van der Waals surface area contributed by atoms with Crippen LogP contribution in [0.5, 0.6) is 5.75 Å². The second-order valence-electron chi connectivity index (χ2n) is 4.48. The summed E-state index contributed by atoms with van der Waals surface area (Å²) < 4.78 is 5.63. The molecule has 0 saturated carbocycles. The lowest BCUT2D eigenvalue weighted by atomic mass is 10.1. The molecule has 4 heteroatoms. The Bertz CT molecular complexity index is 429. The maximum Gasteiger partial charge on any atom is 0.123 e. The summed E-state index contributed by atoms with van der Waals surface area (Å²) in [5.41, 5.74) is 2.36. The molecule has 0 aromatic heterocycles. The van der Waals surface area contributed by atoms with Gasteiger partial charge in [0.05, 0.1) is 0 Å². The molecular weight excluding hydrogens is 230 g/mol. The van der Waals surface area contributed by atoms with Crippen molar-refractivity contribution in [2.45, 2.75) is 25.7 Å². The molecule has 18 heavy (non-hydrogen) atoms. The fourth-order valence-corrected chi connectivity index (χ4v) is 1.95. The minimum absolute atomic E-state index is 0.218. The van der Waals surface area contributed by atoms with E-state index in [1.165, 1.54) is 11.1 Å². The molecule has 4 nitrogen and oxygen atoms in total. The third-order valence-corrected chi connectivity index (χ3v) is 2.87. The second kappa shape index (κ2) is 6.00. The van der Waals surface area contributed by atoms with E-state index in [0.29, 0.717) is 6.54 Å². The number of fused-ring (bicyclic) bond motifs is 1. The Balaban J connectivity index is 1.86. The molecule has 1 aliphatic carbocycles. The van der Waals surface area contributed by atoms with Gasteiger partial charge in [-0.05, 0) is 25.0 Å². The normalized spacial score (nSPS) is 16.4. The Labute approximate surface area is 107 Å². The van der Waals surface area contributed by atoms with Crippen molar-refractivity contribution in [3.8, 4) is 5.75 Å². The van der Waals surface area contributed by atoms with E-state index >= 15 is 0 Å². The number of aliphatic hydroxyl groups is 2. The number of nitrogens with one attached hydrogen (secondary N) is 1. The van der Waals surface area contributed by atoms with E-state index in [0.717, 1.165) is 12.2 Å². The largest absolute Gasteiger partial charge is 0.491 e. The van der Waals surface area contributed by atoms with Crippen LogP contribution in [0.2, 0.25) is 0 Å². The smallest absolute Gasteiger partial charge is 0.123 e. The monoisotopic (exact) mass is 249 g/mol. The molecule has 0 spiro atoms. The molecule has 1 aliphatic rings. The van der Waals surface area contributed by atoms with E-state index < -0.39 is 12.3 Å². The highest BCUT2D eigenvalue weighted by molar-refractivity contribution is 5.63. The molecule has 0 fully saturated rings. The quantitative estimate of drug-likeness (QED) is 0.656. The van der Waals surface area contributed by atoms with Gasteiger partial charge in [-0.15, -0.1) is 0 Å². The maximum atomic E-state index is 9.69. The molecule has 0 radical (unpaired) electrons. The van der Waals surface area contributed by atoms with Gasteiger partial charge in [-0.1, -0.05) is 24.3 Å². The third-order valence-electron chi connectivity index (χ3n) is 2.87. The number of rotatable bonds is 6. The number of hydrogen-bond donors (Lipinski definition) is 3. The van der Waals surface area contributed by atoms with Crippen LogP contribution in [0.4, 0.5) is 0 Å². The molecule has 0 amide bonds. The number of hydrogen-bond acceptors (Lipinski definition) is 4. The number of ether oxygens (including phenoxy) is 1. The highest BCUT2D eigenvalue weighted by Gasteiger charge is 2.12. The minimum Gasteiger partial charge on any atom is -0.491 e. The highest BCUT2D eigenvalue weighted by atomic mass is 16.5. The Hall–Kier alpha value is -1.36. The highest BCUT2D eigenvalue weighted by Crippen LogP contribution is 2.28. The lowest BCUT2D eigenvalue weighted by molar-refractivity contribution is 0.0801. The van der Waals surface area contributed by atoms with Gasteiger partial charge in [-0.2, -0.15) is 0 Å². The Morgan fingerprint density at radius 2 is 2.22 bits per heavy atom. The summed E-state index contributed by atoms with van der Waals surface area (Å²) in [6.45, 7) is 2.14. The van der Waals surface area contributed by atoms with E-state index in [2.05, 4.69) is 23.5 Å². The van der Waals surface area contributed by atoms with Crippen LogP contribution in [0, 0.1) is 0 Å². The van der Waals surface area contributed by atoms with Gasteiger partial charge in [0, 0.05) is 12.1 Å². The maximum absolute atomic E-state index is 9.69. The summed E-state index contributed by atoms with van der Waals surface area (Å²) in [6, 6.07) is 5.92. The molecular formula is C14H19NO3. The average molecular weight is 249 g/mol. The van der Waals surface area contributed by atoms with Crippen LogP contribution in [0.3, 0.4) is 0 Å². The molecule has 0 bridgehead atoms. The van der Waals surface area contributed by atoms with Gasteiger partial charge in [0.25, 0.3) is 0 Å². The third kappa shape index (κ3) is 3.32. The molecule has 98 valence electrons. The lowest BCUT2D eigenvalue weighted by Crippen LogP contribution is -2.36. The molecule has 1 aromatic carbocycles. The van der Waals surface area contributed by atoms with Crippen molar-refractivity contribution in [3.63, 3.8) is 0 Å². The van der Waals surface area contributed by atoms with Crippen LogP contribution in [0.1, 0.15) is 18.1 Å². The van der Waals surface area contributed by atoms with Crippen LogP contribution in [0.25, 0.3) is 6.08 Å². The van der Waals surface area contributed by atoms with Gasteiger partial charge in [0.1, 0.15) is 24.7 Å². The van der Waals surface area contributed by atoms with Gasteiger partial charge in [-0.3, -0.25) is 5.32 Å². The molecule has 0 aliphatic heterocycles. The Morgan fingerprint density at radius 3 is 3.00 bits per heavy atom. The van der Waals surface area contributed by atoms with E-state index in [-0.39, 0.29) is 6.61 Å². The first-order valence-corrected chi connectivity index (χ1v) is 6.17. The number of aliphatic hydroxyl groups excluding tert-OH is 2. The minimum atomic E-state index is -0.634. The van der Waals surface area contributed by atoms with Crippen molar-refractivity contribution in [2.24, 2.45) is 0 Å². The van der Waals surface area contributed by atoms with Gasteiger partial charge in [-0.25, -0.2) is 0 Å². The standard InChI is InChI=1S/C14H19NO3/c1-10(16)15-8-12(17)9-18-14-7-3-5-11-4-2-6-13(11)14/h2-5,7,10,12,15-17H,6,8-9H2,1H3. The zero-order chi connectivity index (χ0) is 13.0. The van der Waals surface area contributed by atoms with Crippen LogP contribution < -0.4 is 10.1 Å². The van der Waals surface area contributed by atoms with Gasteiger partial charge >= 0.3 is 0 Å². The summed E-state index contributed by atoms with van der Waals surface area (Å²) in [5, 5.41) is 21.5. The summed E-state index contributed by atoms with van der Waals surface area (Å²) in [7, 11) is 0. The van der Waals surface area contributed by atoms with E-state index in [9.17, 15) is 5.11 Å². The first-order chi connectivity index (χ1) is 8.66. The van der Waals surface area contributed by atoms with Crippen LogP contribution in [-0.2, 0) is 6.42 Å². The van der Waals surface area contributed by atoms with Crippen molar-refractivity contribution in [1.82, 2.24) is 5.32 Å². The predicted octanol–water partition coefficient (Wildman–Crippen LogP) is 0.923. The van der Waals surface area contributed by atoms with E-state index in [4.69, 9.17) is 9.84 Å². The molecule has 2 unspecified atom stereocenters. The van der Waals surface area contributed by atoms with Crippen molar-refractivity contribution < 1.29 is 14.9 Å². The summed E-state index contributed by atoms with van der Waals surface area (Å²) in [4.78, 5) is 0. The molecule has 3 N–H and O–H groups in total. The van der Waals surface area contributed by atoms with Crippen molar-refractivity contribution >= 4 is 6.08 Å². The van der Waals surface area contributed by atoms with Crippen molar-refractivity contribution in [2.75, 3.05) is 13.2 Å². The summed E-state index contributed by atoms with van der Waals surface area (Å²) >= 11 is 0. The molecule has 2 rings (SSSR count). The number of allylic oxidation sites excluding steroid dienone is 1. The Morgan fingerprint density at radius 1 is 1.39 bits per heavy atom. The zero-order valence-electron chi connectivity index (χ0n) is 10.5. The fraction of sp³-hybridized carbons (Fsp3) is 0.429. The average Bonchev–Trinajstić information content (AvgIpc) is 2.82. The van der Waals surface area contributed by atoms with Crippen molar-refractivity contribution in [1.29, 1.82) is 0 Å². The summed E-state index contributed by atoms with van der Waals surface area (Å²) in [5.74, 6) is 0.827. The molecule has 0 heterocycles. The SMILES string of the molecule is CC(O)NCC(O)COc1cccc2c1CC=C2.